The van der Waals surface area contributed by atoms with E-state index >= 15 is 0 Å². The number of hydrogen-bond acceptors (Lipinski definition) is 5. The predicted molar refractivity (Wildman–Crippen MR) is 83.8 cm³/mol. The number of nitrogens with zero attached hydrogens (tertiary/aromatic N) is 1. The molecule has 0 saturated carbocycles. The van der Waals surface area contributed by atoms with E-state index in [9.17, 15) is 8.42 Å². The molecule has 0 aliphatic rings. The molecule has 0 saturated heterocycles. The SMILES string of the molecule is O=S(=O)(c1cccs1)N(Cc1ccco1)Cc1cccs1. The third-order valence-electron chi connectivity index (χ3n) is 2.91. The molecule has 0 spiro atoms. The minimum atomic E-state index is -3.51. The van der Waals surface area contributed by atoms with Gasteiger partial charge in [0.1, 0.15) is 9.97 Å². The molecule has 0 atom stereocenters. The first kappa shape index (κ1) is 14.5. The van der Waals surface area contributed by atoms with E-state index in [0.29, 0.717) is 16.5 Å². The highest BCUT2D eigenvalue weighted by Gasteiger charge is 2.26. The van der Waals surface area contributed by atoms with Crippen molar-refractivity contribution in [1.82, 2.24) is 4.31 Å². The van der Waals surface area contributed by atoms with E-state index in [0.717, 1.165) is 4.88 Å². The zero-order valence-corrected chi connectivity index (χ0v) is 13.5. The van der Waals surface area contributed by atoms with Crippen LogP contribution in [0.1, 0.15) is 10.6 Å². The Morgan fingerprint density at radius 2 is 1.81 bits per heavy atom. The number of sulfonamides is 1. The number of rotatable bonds is 6. The van der Waals surface area contributed by atoms with E-state index in [1.807, 2.05) is 17.5 Å². The molecule has 0 aromatic carbocycles. The summed E-state index contributed by atoms with van der Waals surface area (Å²) in [6.07, 6.45) is 1.55. The van der Waals surface area contributed by atoms with Gasteiger partial charge in [0.15, 0.2) is 0 Å². The summed E-state index contributed by atoms with van der Waals surface area (Å²) in [6.45, 7) is 0.573. The summed E-state index contributed by atoms with van der Waals surface area (Å²) in [6, 6.07) is 10.8. The van der Waals surface area contributed by atoms with Crippen molar-refractivity contribution in [2.75, 3.05) is 0 Å². The molecule has 3 aromatic rings. The Labute approximate surface area is 131 Å². The van der Waals surface area contributed by atoms with E-state index in [-0.39, 0.29) is 6.54 Å². The minimum absolute atomic E-state index is 0.227. The Bertz CT molecular complexity index is 723. The zero-order valence-electron chi connectivity index (χ0n) is 11.0. The summed E-state index contributed by atoms with van der Waals surface area (Å²) in [5.74, 6) is 0.631. The van der Waals surface area contributed by atoms with Crippen LogP contribution in [0.25, 0.3) is 0 Å². The molecular weight excluding hydrogens is 326 g/mol. The van der Waals surface area contributed by atoms with Gasteiger partial charge >= 0.3 is 0 Å². The lowest BCUT2D eigenvalue weighted by Gasteiger charge is -2.19. The van der Waals surface area contributed by atoms with Gasteiger partial charge in [-0.25, -0.2) is 8.42 Å². The van der Waals surface area contributed by atoms with E-state index in [1.165, 1.54) is 15.6 Å². The normalized spacial score (nSPS) is 12.0. The summed E-state index contributed by atoms with van der Waals surface area (Å²) in [4.78, 5) is 1.00. The molecule has 0 aliphatic heterocycles. The molecule has 0 bridgehead atoms. The Kier molecular flexibility index (Phi) is 4.25. The van der Waals surface area contributed by atoms with Gasteiger partial charge < -0.3 is 4.42 Å². The van der Waals surface area contributed by atoms with Crippen molar-refractivity contribution in [2.24, 2.45) is 0 Å². The summed E-state index contributed by atoms with van der Waals surface area (Å²) in [5, 5.41) is 3.71. The molecule has 0 aliphatic carbocycles. The topological polar surface area (TPSA) is 50.5 Å². The highest BCUT2D eigenvalue weighted by molar-refractivity contribution is 7.91. The lowest BCUT2D eigenvalue weighted by molar-refractivity contribution is 0.361. The largest absolute Gasteiger partial charge is 0.468 e. The summed E-state index contributed by atoms with van der Waals surface area (Å²) in [5.41, 5.74) is 0. The second kappa shape index (κ2) is 6.15. The second-order valence-electron chi connectivity index (χ2n) is 4.36. The average Bonchev–Trinajstić information content (AvgIpc) is 3.22. The monoisotopic (exact) mass is 339 g/mol. The minimum Gasteiger partial charge on any atom is -0.468 e. The molecule has 3 rings (SSSR count). The lowest BCUT2D eigenvalue weighted by Crippen LogP contribution is -2.29. The summed E-state index contributed by atoms with van der Waals surface area (Å²) in [7, 11) is -3.51. The van der Waals surface area contributed by atoms with Crippen molar-refractivity contribution in [3.8, 4) is 0 Å². The van der Waals surface area contributed by atoms with Crippen molar-refractivity contribution in [3.63, 3.8) is 0 Å². The molecule has 0 unspecified atom stereocenters. The molecule has 0 radical (unpaired) electrons. The smallest absolute Gasteiger partial charge is 0.253 e. The van der Waals surface area contributed by atoms with Crippen molar-refractivity contribution in [1.29, 1.82) is 0 Å². The van der Waals surface area contributed by atoms with Gasteiger partial charge in [-0.2, -0.15) is 4.31 Å². The average molecular weight is 339 g/mol. The number of thiophene rings is 2. The van der Waals surface area contributed by atoms with Crippen LogP contribution in [0.4, 0.5) is 0 Å². The molecule has 7 heteroatoms. The number of hydrogen-bond donors (Lipinski definition) is 0. The summed E-state index contributed by atoms with van der Waals surface area (Å²) < 4.78 is 32.6. The van der Waals surface area contributed by atoms with Crippen LogP contribution >= 0.6 is 22.7 Å². The molecule has 0 N–H and O–H groups in total. The Morgan fingerprint density at radius 3 is 2.43 bits per heavy atom. The van der Waals surface area contributed by atoms with Crippen LogP contribution in [-0.4, -0.2) is 12.7 Å². The maximum atomic E-state index is 12.7. The molecular formula is C14H13NO3S3. The van der Waals surface area contributed by atoms with Gasteiger partial charge in [-0.1, -0.05) is 12.1 Å². The van der Waals surface area contributed by atoms with Gasteiger partial charge in [0.05, 0.1) is 12.8 Å². The van der Waals surface area contributed by atoms with Crippen molar-refractivity contribution < 1.29 is 12.8 Å². The maximum absolute atomic E-state index is 12.7. The quantitative estimate of drug-likeness (QED) is 0.686. The fourth-order valence-corrected chi connectivity index (χ4v) is 5.25. The Balaban J connectivity index is 1.91. The van der Waals surface area contributed by atoms with Gasteiger partial charge in [-0.05, 0) is 35.0 Å². The fourth-order valence-electron chi connectivity index (χ4n) is 1.92. The van der Waals surface area contributed by atoms with Crippen LogP contribution in [-0.2, 0) is 23.1 Å². The van der Waals surface area contributed by atoms with Crippen LogP contribution in [0.15, 0.2) is 62.0 Å². The Hall–Kier alpha value is -1.41. The standard InChI is InChI=1S/C14H13NO3S3/c16-21(17,14-6-3-9-20-14)15(10-12-4-1-7-18-12)11-13-5-2-8-19-13/h1-9H,10-11H2. The van der Waals surface area contributed by atoms with Crippen LogP contribution < -0.4 is 0 Å². The highest BCUT2D eigenvalue weighted by Crippen LogP contribution is 2.25. The lowest BCUT2D eigenvalue weighted by atomic mass is 10.4. The molecule has 3 aromatic heterocycles. The first-order chi connectivity index (χ1) is 10.2. The predicted octanol–water partition coefficient (Wildman–Crippen LogP) is 3.79. The first-order valence-electron chi connectivity index (χ1n) is 6.25. The molecule has 21 heavy (non-hydrogen) atoms. The third kappa shape index (κ3) is 3.26. The first-order valence-corrected chi connectivity index (χ1v) is 9.44. The van der Waals surface area contributed by atoms with Crippen molar-refractivity contribution in [3.05, 3.63) is 64.1 Å². The van der Waals surface area contributed by atoms with E-state index in [2.05, 4.69) is 0 Å². The Morgan fingerprint density at radius 1 is 1.00 bits per heavy atom. The van der Waals surface area contributed by atoms with Crippen molar-refractivity contribution >= 4 is 32.7 Å². The molecule has 0 fully saturated rings. The van der Waals surface area contributed by atoms with E-state index in [4.69, 9.17) is 4.42 Å². The van der Waals surface area contributed by atoms with Crippen molar-refractivity contribution in [2.45, 2.75) is 17.3 Å². The van der Waals surface area contributed by atoms with E-state index in [1.54, 1.807) is 47.2 Å². The van der Waals surface area contributed by atoms with Gasteiger partial charge in [-0.15, -0.1) is 22.7 Å². The van der Waals surface area contributed by atoms with Crippen LogP contribution in [0.3, 0.4) is 0 Å². The van der Waals surface area contributed by atoms with Gasteiger partial charge in [0.25, 0.3) is 10.0 Å². The third-order valence-corrected chi connectivity index (χ3v) is 6.94. The molecule has 0 amide bonds. The molecule has 110 valence electrons. The van der Waals surface area contributed by atoms with Gasteiger partial charge in [0, 0.05) is 11.4 Å². The van der Waals surface area contributed by atoms with E-state index < -0.39 is 10.0 Å². The maximum Gasteiger partial charge on any atom is 0.253 e. The number of furan rings is 1. The van der Waals surface area contributed by atoms with Crippen LogP contribution in [0, 0.1) is 0 Å². The summed E-state index contributed by atoms with van der Waals surface area (Å²) >= 11 is 2.77. The highest BCUT2D eigenvalue weighted by atomic mass is 32.2. The molecule has 3 heterocycles. The van der Waals surface area contributed by atoms with Crippen LogP contribution in [0.5, 0.6) is 0 Å². The van der Waals surface area contributed by atoms with Gasteiger partial charge in [-0.3, -0.25) is 0 Å². The fraction of sp³-hybridized carbons (Fsp3) is 0.143. The van der Waals surface area contributed by atoms with Gasteiger partial charge in [0.2, 0.25) is 0 Å². The molecule has 4 nitrogen and oxygen atoms in total. The van der Waals surface area contributed by atoms with Crippen LogP contribution in [0.2, 0.25) is 0 Å². The zero-order chi connectivity index (χ0) is 14.7. The second-order valence-corrected chi connectivity index (χ2v) is 8.51.